The highest BCUT2D eigenvalue weighted by Gasteiger charge is 2.40. The summed E-state index contributed by atoms with van der Waals surface area (Å²) in [6.45, 7) is 3.31. The lowest BCUT2D eigenvalue weighted by Crippen LogP contribution is -2.42. The first-order valence-corrected chi connectivity index (χ1v) is 8.58. The Balaban J connectivity index is 1.60. The highest BCUT2D eigenvalue weighted by atomic mass is 15.2. The largest absolute Gasteiger partial charge is 0.369 e. The summed E-state index contributed by atoms with van der Waals surface area (Å²) >= 11 is 0. The Morgan fingerprint density at radius 2 is 2.12 bits per heavy atom. The molecular formula is C18H20N6. The van der Waals surface area contributed by atoms with E-state index in [1.165, 1.54) is 30.3 Å². The first-order valence-electron chi connectivity index (χ1n) is 8.58. The minimum absolute atomic E-state index is 0.310. The average Bonchev–Trinajstić information content (AvgIpc) is 3.36. The molecule has 24 heavy (non-hydrogen) atoms. The molecule has 2 saturated heterocycles. The summed E-state index contributed by atoms with van der Waals surface area (Å²) in [5.74, 6) is 0. The number of aromatic amines is 1. The van der Waals surface area contributed by atoms with Crippen molar-refractivity contribution in [3.05, 3.63) is 36.9 Å². The van der Waals surface area contributed by atoms with Crippen LogP contribution < -0.4 is 10.2 Å². The van der Waals surface area contributed by atoms with Crippen LogP contribution >= 0.6 is 0 Å². The summed E-state index contributed by atoms with van der Waals surface area (Å²) in [5.41, 5.74) is 4.71. The summed E-state index contributed by atoms with van der Waals surface area (Å²) in [6, 6.07) is 4.14. The molecule has 3 aromatic heterocycles. The van der Waals surface area contributed by atoms with Crippen LogP contribution in [0, 0.1) is 0 Å². The maximum atomic E-state index is 4.51. The molecule has 0 bridgehead atoms. The molecule has 1 atom stereocenters. The van der Waals surface area contributed by atoms with E-state index in [1.54, 1.807) is 6.20 Å². The second-order valence-corrected chi connectivity index (χ2v) is 6.87. The molecule has 0 amide bonds. The maximum absolute atomic E-state index is 4.51. The van der Waals surface area contributed by atoms with Crippen LogP contribution in [-0.4, -0.2) is 45.3 Å². The van der Waals surface area contributed by atoms with Crippen molar-refractivity contribution in [1.29, 1.82) is 0 Å². The van der Waals surface area contributed by atoms with Gasteiger partial charge in [0.15, 0.2) is 0 Å². The normalized spacial score (nSPS) is 23.6. The number of rotatable bonds is 2. The highest BCUT2D eigenvalue weighted by Crippen LogP contribution is 2.39. The van der Waals surface area contributed by atoms with Gasteiger partial charge in [-0.3, -0.25) is 0 Å². The van der Waals surface area contributed by atoms with Crippen molar-refractivity contribution in [1.82, 2.24) is 25.5 Å². The van der Waals surface area contributed by atoms with Crippen molar-refractivity contribution in [3.8, 4) is 11.1 Å². The standard InChI is InChI=1S/C18H20N6/c1-4-18(21-6-1)5-9-24(12-18)15-3-7-19-17-16(15)14(11-20-17)13-2-8-22-23-10-13/h2-3,7-8,10-11,21H,1,4-6,9,12H2,(H,19,20). The number of pyridine rings is 1. The molecule has 5 heterocycles. The third-order valence-corrected chi connectivity index (χ3v) is 5.47. The summed E-state index contributed by atoms with van der Waals surface area (Å²) in [5, 5.41) is 12.8. The predicted molar refractivity (Wildman–Crippen MR) is 93.9 cm³/mol. The van der Waals surface area contributed by atoms with E-state index >= 15 is 0 Å². The van der Waals surface area contributed by atoms with E-state index < -0.39 is 0 Å². The Morgan fingerprint density at radius 3 is 2.96 bits per heavy atom. The van der Waals surface area contributed by atoms with Gasteiger partial charge in [-0.05, 0) is 37.9 Å². The number of nitrogens with one attached hydrogen (secondary N) is 2. The van der Waals surface area contributed by atoms with Crippen LogP contribution in [0.5, 0.6) is 0 Å². The van der Waals surface area contributed by atoms with Crippen molar-refractivity contribution in [2.75, 3.05) is 24.5 Å². The van der Waals surface area contributed by atoms with Gasteiger partial charge in [-0.1, -0.05) is 0 Å². The zero-order chi connectivity index (χ0) is 16.0. The Kier molecular flexibility index (Phi) is 3.06. The number of H-pyrrole nitrogens is 1. The SMILES string of the molecule is c1cc(-c2c[nH]c3nccc(N4CCC5(CCCN5)C4)c23)cnn1. The minimum atomic E-state index is 0.310. The van der Waals surface area contributed by atoms with Crippen LogP contribution in [0.4, 0.5) is 5.69 Å². The molecule has 2 fully saturated rings. The number of fused-ring (bicyclic) bond motifs is 1. The van der Waals surface area contributed by atoms with E-state index in [1.807, 2.05) is 24.7 Å². The zero-order valence-corrected chi connectivity index (χ0v) is 13.5. The average molecular weight is 320 g/mol. The molecule has 122 valence electrons. The minimum Gasteiger partial charge on any atom is -0.369 e. The Hall–Kier alpha value is -2.47. The van der Waals surface area contributed by atoms with Crippen molar-refractivity contribution in [2.45, 2.75) is 24.8 Å². The fraction of sp³-hybridized carbons (Fsp3) is 0.389. The van der Waals surface area contributed by atoms with E-state index in [2.05, 4.69) is 36.4 Å². The van der Waals surface area contributed by atoms with Gasteiger partial charge in [0, 0.05) is 53.2 Å². The van der Waals surface area contributed by atoms with Crippen molar-refractivity contribution in [2.24, 2.45) is 0 Å². The molecule has 0 aromatic carbocycles. The maximum Gasteiger partial charge on any atom is 0.139 e. The number of aromatic nitrogens is 4. The summed E-state index contributed by atoms with van der Waals surface area (Å²) in [7, 11) is 0. The van der Waals surface area contributed by atoms with E-state index in [4.69, 9.17) is 0 Å². The van der Waals surface area contributed by atoms with Gasteiger partial charge in [-0.15, -0.1) is 0 Å². The molecule has 6 nitrogen and oxygen atoms in total. The fourth-order valence-electron chi connectivity index (χ4n) is 4.28. The summed E-state index contributed by atoms with van der Waals surface area (Å²) in [6.07, 6.45) is 11.3. The van der Waals surface area contributed by atoms with Gasteiger partial charge in [-0.25, -0.2) is 4.98 Å². The molecule has 0 aliphatic carbocycles. The van der Waals surface area contributed by atoms with E-state index in [9.17, 15) is 0 Å². The zero-order valence-electron chi connectivity index (χ0n) is 13.5. The number of nitrogens with zero attached hydrogens (tertiary/aromatic N) is 4. The molecular weight excluding hydrogens is 300 g/mol. The molecule has 5 rings (SSSR count). The van der Waals surface area contributed by atoms with Gasteiger partial charge >= 0.3 is 0 Å². The lowest BCUT2D eigenvalue weighted by molar-refractivity contribution is 0.419. The molecule has 2 aliphatic heterocycles. The first-order chi connectivity index (χ1) is 11.8. The van der Waals surface area contributed by atoms with Crippen LogP contribution in [0.3, 0.4) is 0 Å². The smallest absolute Gasteiger partial charge is 0.139 e. The Bertz CT molecular complexity index is 866. The van der Waals surface area contributed by atoms with E-state index in [0.717, 1.165) is 36.4 Å². The van der Waals surface area contributed by atoms with Gasteiger partial charge in [0.1, 0.15) is 5.65 Å². The van der Waals surface area contributed by atoms with Crippen LogP contribution in [0.15, 0.2) is 36.9 Å². The molecule has 2 aliphatic rings. The lowest BCUT2D eigenvalue weighted by Gasteiger charge is -2.26. The second kappa shape index (κ2) is 5.27. The van der Waals surface area contributed by atoms with Crippen LogP contribution in [-0.2, 0) is 0 Å². The van der Waals surface area contributed by atoms with Gasteiger partial charge in [0.25, 0.3) is 0 Å². The number of hydrogen-bond donors (Lipinski definition) is 2. The monoisotopic (exact) mass is 320 g/mol. The molecule has 2 N–H and O–H groups in total. The van der Waals surface area contributed by atoms with E-state index in [-0.39, 0.29) is 0 Å². The number of anilines is 1. The topological polar surface area (TPSA) is 69.7 Å². The van der Waals surface area contributed by atoms with Gasteiger partial charge < -0.3 is 15.2 Å². The third kappa shape index (κ3) is 2.10. The van der Waals surface area contributed by atoms with Crippen LogP contribution in [0.2, 0.25) is 0 Å². The van der Waals surface area contributed by atoms with Crippen molar-refractivity contribution >= 4 is 16.7 Å². The lowest BCUT2D eigenvalue weighted by atomic mass is 9.97. The Labute approximate surface area is 140 Å². The molecule has 3 aromatic rings. The second-order valence-electron chi connectivity index (χ2n) is 6.87. The molecule has 1 spiro atoms. The van der Waals surface area contributed by atoms with Gasteiger partial charge in [0.2, 0.25) is 0 Å². The Morgan fingerprint density at radius 1 is 1.12 bits per heavy atom. The van der Waals surface area contributed by atoms with Crippen molar-refractivity contribution < 1.29 is 0 Å². The summed E-state index contributed by atoms with van der Waals surface area (Å²) < 4.78 is 0. The first kappa shape index (κ1) is 13.9. The third-order valence-electron chi connectivity index (χ3n) is 5.47. The molecule has 1 unspecified atom stereocenters. The fourth-order valence-corrected chi connectivity index (χ4v) is 4.28. The van der Waals surface area contributed by atoms with E-state index in [0.29, 0.717) is 5.54 Å². The molecule has 6 heteroatoms. The quantitative estimate of drug-likeness (QED) is 0.758. The van der Waals surface area contributed by atoms with Gasteiger partial charge in [0.05, 0.1) is 12.4 Å². The number of hydrogen-bond acceptors (Lipinski definition) is 5. The van der Waals surface area contributed by atoms with Crippen LogP contribution in [0.25, 0.3) is 22.2 Å². The van der Waals surface area contributed by atoms with Gasteiger partial charge in [-0.2, -0.15) is 10.2 Å². The predicted octanol–water partition coefficient (Wildman–Crippen LogP) is 2.35. The molecule has 0 radical (unpaired) electrons. The molecule has 0 saturated carbocycles. The van der Waals surface area contributed by atoms with Crippen molar-refractivity contribution in [3.63, 3.8) is 0 Å². The van der Waals surface area contributed by atoms with Crippen LogP contribution in [0.1, 0.15) is 19.3 Å². The summed E-state index contributed by atoms with van der Waals surface area (Å²) in [4.78, 5) is 10.3. The highest BCUT2D eigenvalue weighted by molar-refractivity contribution is 6.02.